The number of aromatic nitrogens is 5. The van der Waals surface area contributed by atoms with Crippen LogP contribution in [0.5, 0.6) is 5.75 Å². The first kappa shape index (κ1) is 17.2. The lowest BCUT2D eigenvalue weighted by atomic mass is 10.2. The molecule has 0 aliphatic rings. The molecular weight excluding hydrogens is 373 g/mol. The SMILES string of the molecule is COc1ccc(-n2nnc3c(=O)n(Cc4c(F)cccc4Cl)cnc32)cc1. The Balaban J connectivity index is 1.76. The van der Waals surface area contributed by atoms with Crippen LogP contribution in [0.3, 0.4) is 0 Å². The third-order valence-corrected chi connectivity index (χ3v) is 4.49. The van der Waals surface area contributed by atoms with Gasteiger partial charge in [-0.15, -0.1) is 5.10 Å². The van der Waals surface area contributed by atoms with Crippen LogP contribution in [0, 0.1) is 5.82 Å². The minimum absolute atomic E-state index is 0.0529. The largest absolute Gasteiger partial charge is 0.497 e. The minimum atomic E-state index is -0.489. The molecule has 0 N–H and O–H groups in total. The first-order chi connectivity index (χ1) is 13.1. The normalized spacial score (nSPS) is 11.1. The molecule has 0 radical (unpaired) electrons. The molecule has 2 aromatic carbocycles. The highest BCUT2D eigenvalue weighted by atomic mass is 35.5. The minimum Gasteiger partial charge on any atom is -0.497 e. The monoisotopic (exact) mass is 385 g/mol. The lowest BCUT2D eigenvalue weighted by Gasteiger charge is -2.08. The Morgan fingerprint density at radius 2 is 1.96 bits per heavy atom. The molecule has 0 aliphatic heterocycles. The summed E-state index contributed by atoms with van der Waals surface area (Å²) in [5, 5.41) is 8.20. The zero-order valence-corrected chi connectivity index (χ0v) is 14.9. The topological polar surface area (TPSA) is 74.8 Å². The van der Waals surface area contributed by atoms with Crippen molar-refractivity contribution < 1.29 is 9.13 Å². The molecule has 0 spiro atoms. The van der Waals surface area contributed by atoms with Gasteiger partial charge in [0.15, 0.2) is 11.2 Å². The van der Waals surface area contributed by atoms with Gasteiger partial charge in [-0.3, -0.25) is 9.36 Å². The maximum Gasteiger partial charge on any atom is 0.283 e. The molecule has 0 atom stereocenters. The number of ether oxygens (including phenoxy) is 1. The van der Waals surface area contributed by atoms with E-state index in [0.29, 0.717) is 17.1 Å². The Bertz CT molecular complexity index is 1170. The van der Waals surface area contributed by atoms with Crippen LogP contribution in [-0.2, 0) is 6.54 Å². The number of hydrogen-bond donors (Lipinski definition) is 0. The fourth-order valence-electron chi connectivity index (χ4n) is 2.71. The van der Waals surface area contributed by atoms with Crippen molar-refractivity contribution in [3.8, 4) is 11.4 Å². The number of methoxy groups -OCH3 is 1. The average molecular weight is 386 g/mol. The van der Waals surface area contributed by atoms with E-state index in [2.05, 4.69) is 15.3 Å². The van der Waals surface area contributed by atoms with Crippen LogP contribution in [-0.4, -0.2) is 31.7 Å². The number of rotatable bonds is 4. The molecule has 4 aromatic rings. The molecule has 0 fully saturated rings. The number of nitrogens with zero attached hydrogens (tertiary/aromatic N) is 5. The van der Waals surface area contributed by atoms with Crippen LogP contribution < -0.4 is 10.3 Å². The number of fused-ring (bicyclic) bond motifs is 1. The van der Waals surface area contributed by atoms with Crippen molar-refractivity contribution in [2.24, 2.45) is 0 Å². The van der Waals surface area contributed by atoms with Crippen molar-refractivity contribution in [2.45, 2.75) is 6.54 Å². The molecular formula is C18H13ClFN5O2. The molecule has 0 unspecified atom stereocenters. The second-order valence-electron chi connectivity index (χ2n) is 5.75. The number of benzene rings is 2. The third-order valence-electron chi connectivity index (χ3n) is 4.14. The molecule has 0 saturated carbocycles. The fourth-order valence-corrected chi connectivity index (χ4v) is 2.93. The molecule has 7 nitrogen and oxygen atoms in total. The number of halogens is 2. The van der Waals surface area contributed by atoms with E-state index in [1.165, 1.54) is 27.7 Å². The van der Waals surface area contributed by atoms with Gasteiger partial charge in [-0.05, 0) is 36.4 Å². The van der Waals surface area contributed by atoms with Gasteiger partial charge in [-0.25, -0.2) is 9.37 Å². The summed E-state index contributed by atoms with van der Waals surface area (Å²) >= 11 is 6.04. The molecule has 2 aromatic heterocycles. The van der Waals surface area contributed by atoms with Gasteiger partial charge in [0.1, 0.15) is 17.9 Å². The van der Waals surface area contributed by atoms with E-state index in [9.17, 15) is 9.18 Å². The van der Waals surface area contributed by atoms with Gasteiger partial charge in [0.2, 0.25) is 0 Å². The van der Waals surface area contributed by atoms with Crippen LogP contribution in [0.1, 0.15) is 5.56 Å². The Hall–Kier alpha value is -3.26. The van der Waals surface area contributed by atoms with E-state index >= 15 is 0 Å². The predicted molar refractivity (Wildman–Crippen MR) is 98.0 cm³/mol. The molecule has 136 valence electrons. The smallest absolute Gasteiger partial charge is 0.283 e. The first-order valence-corrected chi connectivity index (χ1v) is 8.34. The van der Waals surface area contributed by atoms with Gasteiger partial charge >= 0.3 is 0 Å². The second kappa shape index (κ2) is 6.81. The summed E-state index contributed by atoms with van der Waals surface area (Å²) in [7, 11) is 1.58. The molecule has 27 heavy (non-hydrogen) atoms. The molecule has 0 saturated heterocycles. The van der Waals surface area contributed by atoms with E-state index in [-0.39, 0.29) is 22.6 Å². The summed E-state index contributed by atoms with van der Waals surface area (Å²) in [6.07, 6.45) is 1.33. The maximum atomic E-state index is 14.0. The summed E-state index contributed by atoms with van der Waals surface area (Å²) in [5.41, 5.74) is 0.853. The zero-order chi connectivity index (χ0) is 19.0. The summed E-state index contributed by atoms with van der Waals surface area (Å²) in [5.74, 6) is 0.205. The summed E-state index contributed by atoms with van der Waals surface area (Å²) < 4.78 is 21.8. The van der Waals surface area contributed by atoms with Gasteiger partial charge in [0.25, 0.3) is 5.56 Å². The zero-order valence-electron chi connectivity index (χ0n) is 14.1. The molecule has 4 rings (SSSR count). The highest BCUT2D eigenvalue weighted by Crippen LogP contribution is 2.20. The van der Waals surface area contributed by atoms with Gasteiger partial charge in [0, 0.05) is 10.6 Å². The van der Waals surface area contributed by atoms with E-state index < -0.39 is 11.4 Å². The standard InChI is InChI=1S/C18H13ClFN5O2/c1-27-12-7-5-11(6-8-12)25-17-16(22-23-25)18(26)24(10-21-17)9-13-14(19)3-2-4-15(13)20/h2-8,10H,9H2,1H3. The van der Waals surface area contributed by atoms with Gasteiger partial charge < -0.3 is 4.74 Å². The van der Waals surface area contributed by atoms with Gasteiger partial charge in [0.05, 0.1) is 19.3 Å². The quantitative estimate of drug-likeness (QED) is 0.540. The summed E-state index contributed by atoms with van der Waals surface area (Å²) in [6, 6.07) is 11.5. The van der Waals surface area contributed by atoms with Gasteiger partial charge in [-0.2, -0.15) is 4.68 Å². The van der Waals surface area contributed by atoms with E-state index in [4.69, 9.17) is 16.3 Å². The van der Waals surface area contributed by atoms with E-state index in [1.54, 1.807) is 37.4 Å². The lowest BCUT2D eigenvalue weighted by molar-refractivity contribution is 0.414. The van der Waals surface area contributed by atoms with E-state index in [0.717, 1.165) is 0 Å². The highest BCUT2D eigenvalue weighted by molar-refractivity contribution is 6.31. The second-order valence-corrected chi connectivity index (χ2v) is 6.16. The van der Waals surface area contributed by atoms with Crippen molar-refractivity contribution in [3.63, 3.8) is 0 Å². The maximum absolute atomic E-state index is 14.0. The van der Waals surface area contributed by atoms with Crippen LogP contribution in [0.15, 0.2) is 53.6 Å². The lowest BCUT2D eigenvalue weighted by Crippen LogP contribution is -2.22. The summed E-state index contributed by atoms with van der Waals surface area (Å²) in [4.78, 5) is 17.0. The predicted octanol–water partition coefficient (Wildman–Crippen LogP) is 2.83. The van der Waals surface area contributed by atoms with Crippen molar-refractivity contribution >= 4 is 22.8 Å². The third kappa shape index (κ3) is 3.04. The van der Waals surface area contributed by atoms with Crippen molar-refractivity contribution in [3.05, 3.63) is 75.5 Å². The van der Waals surface area contributed by atoms with Crippen molar-refractivity contribution in [1.82, 2.24) is 24.5 Å². The molecule has 0 aliphatic carbocycles. The highest BCUT2D eigenvalue weighted by Gasteiger charge is 2.15. The Morgan fingerprint density at radius 3 is 2.67 bits per heavy atom. The molecule has 2 heterocycles. The summed E-state index contributed by atoms with van der Waals surface area (Å²) in [6.45, 7) is -0.0529. The Labute approximate surface area is 157 Å². The van der Waals surface area contributed by atoms with Crippen molar-refractivity contribution in [1.29, 1.82) is 0 Å². The van der Waals surface area contributed by atoms with Crippen molar-refractivity contribution in [2.75, 3.05) is 7.11 Å². The molecule has 0 amide bonds. The van der Waals surface area contributed by atoms with Crippen LogP contribution >= 0.6 is 11.6 Å². The van der Waals surface area contributed by atoms with Crippen LogP contribution in [0.4, 0.5) is 4.39 Å². The fraction of sp³-hybridized carbons (Fsp3) is 0.111. The van der Waals surface area contributed by atoms with E-state index in [1.807, 2.05) is 0 Å². The Morgan fingerprint density at radius 1 is 1.19 bits per heavy atom. The molecule has 0 bridgehead atoms. The van der Waals surface area contributed by atoms with Gasteiger partial charge in [-0.1, -0.05) is 22.9 Å². The molecule has 9 heteroatoms. The average Bonchev–Trinajstić information content (AvgIpc) is 3.11. The van der Waals surface area contributed by atoms with Crippen LogP contribution in [0.25, 0.3) is 16.9 Å². The van der Waals surface area contributed by atoms with Crippen LogP contribution in [0.2, 0.25) is 5.02 Å². The first-order valence-electron chi connectivity index (χ1n) is 7.96. The Kier molecular flexibility index (Phi) is 4.33. The number of hydrogen-bond acceptors (Lipinski definition) is 5.